The van der Waals surface area contributed by atoms with Crippen molar-refractivity contribution in [2.75, 3.05) is 5.32 Å². The molecule has 6 heteroatoms. The molecule has 0 aromatic carbocycles. The average Bonchev–Trinajstić information content (AvgIpc) is 3.34. The van der Waals surface area contributed by atoms with Gasteiger partial charge < -0.3 is 11.1 Å². The lowest BCUT2D eigenvalue weighted by Gasteiger charge is -2.17. The third-order valence-electron chi connectivity index (χ3n) is 4.56. The topological polar surface area (TPSA) is 85.3 Å². The number of hydrogen-bond donors (Lipinski definition) is 2. The van der Waals surface area contributed by atoms with Crippen LogP contribution in [-0.2, 0) is 0 Å². The maximum atomic E-state index is 11.8. The fourth-order valence-corrected chi connectivity index (χ4v) is 3.01. The number of anilines is 1. The molecule has 3 N–H and O–H groups in total. The molecular formula is C18H19N5O. The first kappa shape index (κ1) is 14.7. The van der Waals surface area contributed by atoms with Gasteiger partial charge in [0.05, 0.1) is 28.7 Å². The third-order valence-corrected chi connectivity index (χ3v) is 4.56. The Morgan fingerprint density at radius 2 is 2.25 bits per heavy atom. The van der Waals surface area contributed by atoms with E-state index in [1.807, 2.05) is 30.5 Å². The second kappa shape index (κ2) is 5.63. The van der Waals surface area contributed by atoms with Crippen molar-refractivity contribution in [2.24, 2.45) is 11.7 Å². The van der Waals surface area contributed by atoms with Crippen LogP contribution in [0.1, 0.15) is 30.1 Å². The van der Waals surface area contributed by atoms with Gasteiger partial charge >= 0.3 is 0 Å². The van der Waals surface area contributed by atoms with Crippen molar-refractivity contribution in [1.82, 2.24) is 14.6 Å². The maximum Gasteiger partial charge on any atom is 0.252 e. The molecule has 0 unspecified atom stereocenters. The lowest BCUT2D eigenvalue weighted by Crippen LogP contribution is -2.22. The molecule has 1 atom stereocenters. The van der Waals surface area contributed by atoms with Crippen LogP contribution in [0.15, 0.2) is 42.9 Å². The summed E-state index contributed by atoms with van der Waals surface area (Å²) in [6, 6.07) is 8.06. The molecular weight excluding hydrogens is 302 g/mol. The van der Waals surface area contributed by atoms with E-state index in [2.05, 4.69) is 22.3 Å². The highest BCUT2D eigenvalue weighted by molar-refractivity contribution is 6.02. The summed E-state index contributed by atoms with van der Waals surface area (Å²) < 4.78 is 1.76. The minimum Gasteiger partial charge on any atom is -0.380 e. The van der Waals surface area contributed by atoms with E-state index in [-0.39, 0.29) is 0 Å². The van der Waals surface area contributed by atoms with Gasteiger partial charge in [0.15, 0.2) is 0 Å². The van der Waals surface area contributed by atoms with Gasteiger partial charge in [0.2, 0.25) is 0 Å². The van der Waals surface area contributed by atoms with Crippen LogP contribution < -0.4 is 11.1 Å². The van der Waals surface area contributed by atoms with Crippen molar-refractivity contribution in [2.45, 2.75) is 25.8 Å². The first-order valence-corrected chi connectivity index (χ1v) is 8.12. The number of nitrogens with one attached hydrogen (secondary N) is 1. The molecule has 3 heterocycles. The molecule has 3 aromatic rings. The second-order valence-electron chi connectivity index (χ2n) is 6.34. The number of primary amides is 1. The van der Waals surface area contributed by atoms with Gasteiger partial charge in [-0.3, -0.25) is 9.78 Å². The van der Waals surface area contributed by atoms with Crippen LogP contribution in [0.25, 0.3) is 16.8 Å². The standard InChI is InChI=1S/C18H19N5O/c1-11(12-5-6-12)22-17-14(18(19)24)9-21-23-10-13(8-16(17)23)15-4-2-3-7-20-15/h2-4,7-12,22H,5-6H2,1H3,(H2,19,24)/t11-/m1/s1. The molecule has 3 aromatic heterocycles. The van der Waals surface area contributed by atoms with E-state index in [0.29, 0.717) is 17.5 Å². The van der Waals surface area contributed by atoms with Gasteiger partial charge in [0.1, 0.15) is 0 Å². The molecule has 1 aliphatic rings. The van der Waals surface area contributed by atoms with Gasteiger partial charge in [-0.05, 0) is 43.9 Å². The molecule has 1 amide bonds. The third kappa shape index (κ3) is 2.60. The van der Waals surface area contributed by atoms with E-state index >= 15 is 0 Å². The highest BCUT2D eigenvalue weighted by Gasteiger charge is 2.29. The van der Waals surface area contributed by atoms with Crippen LogP contribution in [0.5, 0.6) is 0 Å². The smallest absolute Gasteiger partial charge is 0.252 e. The molecule has 1 saturated carbocycles. The predicted octanol–water partition coefficient (Wildman–Crippen LogP) is 2.71. The molecule has 24 heavy (non-hydrogen) atoms. The van der Waals surface area contributed by atoms with Gasteiger partial charge in [-0.15, -0.1) is 0 Å². The summed E-state index contributed by atoms with van der Waals surface area (Å²) in [6.07, 6.45) is 7.65. The molecule has 0 spiro atoms. The van der Waals surface area contributed by atoms with Gasteiger partial charge in [0.25, 0.3) is 5.91 Å². The lowest BCUT2D eigenvalue weighted by atomic mass is 10.1. The van der Waals surface area contributed by atoms with Gasteiger partial charge in [-0.25, -0.2) is 4.52 Å². The normalized spacial score (nSPS) is 15.4. The maximum absolute atomic E-state index is 11.8. The Hall–Kier alpha value is -2.89. The fourth-order valence-electron chi connectivity index (χ4n) is 3.01. The van der Waals surface area contributed by atoms with Crippen LogP contribution in [-0.4, -0.2) is 26.5 Å². The van der Waals surface area contributed by atoms with Crippen molar-refractivity contribution in [3.63, 3.8) is 0 Å². The van der Waals surface area contributed by atoms with Crippen molar-refractivity contribution in [3.8, 4) is 11.3 Å². The molecule has 0 radical (unpaired) electrons. The van der Waals surface area contributed by atoms with E-state index in [0.717, 1.165) is 22.5 Å². The van der Waals surface area contributed by atoms with E-state index in [1.165, 1.54) is 19.0 Å². The zero-order valence-electron chi connectivity index (χ0n) is 13.4. The summed E-state index contributed by atoms with van der Waals surface area (Å²) in [5.74, 6) is 0.181. The quantitative estimate of drug-likeness (QED) is 0.756. The number of hydrogen-bond acceptors (Lipinski definition) is 4. The molecule has 6 nitrogen and oxygen atoms in total. The first-order valence-electron chi connectivity index (χ1n) is 8.12. The van der Waals surface area contributed by atoms with Crippen LogP contribution >= 0.6 is 0 Å². The summed E-state index contributed by atoms with van der Waals surface area (Å²) >= 11 is 0. The number of amides is 1. The van der Waals surface area contributed by atoms with E-state index in [9.17, 15) is 4.79 Å². The van der Waals surface area contributed by atoms with Crippen LogP contribution in [0.4, 0.5) is 5.69 Å². The number of fused-ring (bicyclic) bond motifs is 1. The summed E-state index contributed by atoms with van der Waals surface area (Å²) in [4.78, 5) is 16.2. The van der Waals surface area contributed by atoms with Crippen molar-refractivity contribution < 1.29 is 4.79 Å². The SMILES string of the molecule is C[C@@H](Nc1c(C(N)=O)cnn2cc(-c3ccccn3)cc12)C1CC1. The Balaban J connectivity index is 1.84. The number of rotatable bonds is 5. The van der Waals surface area contributed by atoms with Crippen LogP contribution in [0.2, 0.25) is 0 Å². The average molecular weight is 321 g/mol. The summed E-state index contributed by atoms with van der Waals surface area (Å²) in [7, 11) is 0. The number of aromatic nitrogens is 3. The predicted molar refractivity (Wildman–Crippen MR) is 92.7 cm³/mol. The summed E-state index contributed by atoms with van der Waals surface area (Å²) in [5.41, 5.74) is 9.37. The Kier molecular flexibility index (Phi) is 3.45. The molecule has 0 aliphatic heterocycles. The number of carbonyl (C=O) groups excluding carboxylic acids is 1. The zero-order chi connectivity index (χ0) is 16.7. The molecule has 0 bridgehead atoms. The van der Waals surface area contributed by atoms with Gasteiger partial charge in [0, 0.05) is 24.0 Å². The Morgan fingerprint density at radius 3 is 2.92 bits per heavy atom. The summed E-state index contributed by atoms with van der Waals surface area (Å²) in [5, 5.41) is 7.80. The van der Waals surface area contributed by atoms with Crippen molar-refractivity contribution in [1.29, 1.82) is 0 Å². The zero-order valence-corrected chi connectivity index (χ0v) is 13.4. The number of nitrogens with two attached hydrogens (primary N) is 1. The highest BCUT2D eigenvalue weighted by Crippen LogP contribution is 2.36. The largest absolute Gasteiger partial charge is 0.380 e. The fraction of sp³-hybridized carbons (Fsp3) is 0.278. The van der Waals surface area contributed by atoms with Crippen molar-refractivity contribution >= 4 is 17.1 Å². The van der Waals surface area contributed by atoms with Crippen LogP contribution in [0, 0.1) is 5.92 Å². The Bertz CT molecular complexity index is 898. The van der Waals surface area contributed by atoms with Crippen molar-refractivity contribution in [3.05, 3.63) is 48.4 Å². The van der Waals surface area contributed by atoms with Gasteiger partial charge in [-0.1, -0.05) is 6.07 Å². The summed E-state index contributed by atoms with van der Waals surface area (Å²) in [6.45, 7) is 2.14. The lowest BCUT2D eigenvalue weighted by molar-refractivity contribution is 0.100. The monoisotopic (exact) mass is 321 g/mol. The number of carbonyl (C=O) groups is 1. The molecule has 0 saturated heterocycles. The number of pyridine rings is 1. The molecule has 1 fully saturated rings. The minimum atomic E-state index is -0.476. The number of nitrogens with zero attached hydrogens (tertiary/aromatic N) is 3. The Labute approximate surface area is 139 Å². The van der Waals surface area contributed by atoms with E-state index in [1.54, 1.807) is 10.7 Å². The van der Waals surface area contributed by atoms with Crippen LogP contribution in [0.3, 0.4) is 0 Å². The van der Waals surface area contributed by atoms with E-state index < -0.39 is 5.91 Å². The molecule has 122 valence electrons. The molecule has 4 rings (SSSR count). The molecule has 1 aliphatic carbocycles. The highest BCUT2D eigenvalue weighted by atomic mass is 16.1. The first-order chi connectivity index (χ1) is 11.6. The minimum absolute atomic E-state index is 0.294. The van der Waals surface area contributed by atoms with E-state index in [4.69, 9.17) is 5.73 Å². The van der Waals surface area contributed by atoms with Gasteiger partial charge in [-0.2, -0.15) is 5.10 Å². The Morgan fingerprint density at radius 1 is 1.42 bits per heavy atom. The second-order valence-corrected chi connectivity index (χ2v) is 6.34.